The molecule has 4 nitrogen and oxygen atoms in total. The fraction of sp³-hybridized carbons (Fsp3) is 0.556. The molecule has 0 aromatic carbocycles. The average molecular weight is 180 g/mol. The molecule has 2 N–H and O–H groups in total. The van der Waals surface area contributed by atoms with Gasteiger partial charge in [-0.15, -0.1) is 0 Å². The van der Waals surface area contributed by atoms with Crippen molar-refractivity contribution in [1.82, 2.24) is 15.6 Å². The molecule has 0 spiro atoms. The van der Waals surface area contributed by atoms with E-state index in [0.717, 1.165) is 11.3 Å². The van der Waals surface area contributed by atoms with Gasteiger partial charge >= 0.3 is 0 Å². The first-order valence-electron chi connectivity index (χ1n) is 4.29. The van der Waals surface area contributed by atoms with E-state index in [2.05, 4.69) is 41.5 Å². The zero-order chi connectivity index (χ0) is 9.90. The molecule has 0 atom stereocenters. The molecule has 72 valence electrons. The summed E-state index contributed by atoms with van der Waals surface area (Å²) in [5, 5.41) is 10.9. The van der Waals surface area contributed by atoms with Gasteiger partial charge in [-0.3, -0.25) is 5.10 Å². The summed E-state index contributed by atoms with van der Waals surface area (Å²) in [5.41, 5.74) is 4.92. The van der Waals surface area contributed by atoms with E-state index in [9.17, 15) is 0 Å². The lowest BCUT2D eigenvalue weighted by atomic mass is 9.90. The van der Waals surface area contributed by atoms with E-state index in [1.807, 2.05) is 0 Å². The number of hydrazone groups is 1. The first-order valence-corrected chi connectivity index (χ1v) is 4.29. The Balaban J connectivity index is 2.96. The number of hydrogen-bond donors (Lipinski definition) is 2. The van der Waals surface area contributed by atoms with Crippen molar-refractivity contribution in [3.8, 4) is 0 Å². The van der Waals surface area contributed by atoms with E-state index in [0.29, 0.717) is 0 Å². The zero-order valence-electron chi connectivity index (χ0n) is 8.55. The molecule has 1 rings (SSSR count). The number of hydrogen-bond acceptors (Lipinski definition) is 3. The Morgan fingerprint density at radius 2 is 2.23 bits per heavy atom. The van der Waals surface area contributed by atoms with Crippen LogP contribution in [-0.2, 0) is 5.41 Å². The summed E-state index contributed by atoms with van der Waals surface area (Å²) in [4.78, 5) is 0. The largest absolute Gasteiger partial charge is 0.313 e. The molecule has 0 fully saturated rings. The molecule has 13 heavy (non-hydrogen) atoms. The van der Waals surface area contributed by atoms with Gasteiger partial charge in [-0.05, 0) is 0 Å². The van der Waals surface area contributed by atoms with Gasteiger partial charge in [-0.1, -0.05) is 20.8 Å². The lowest BCUT2D eigenvalue weighted by Crippen LogP contribution is -2.14. The highest BCUT2D eigenvalue weighted by molar-refractivity contribution is 5.80. The Labute approximate surface area is 78.4 Å². The Morgan fingerprint density at radius 1 is 1.54 bits per heavy atom. The van der Waals surface area contributed by atoms with Crippen molar-refractivity contribution in [3.05, 3.63) is 17.5 Å². The van der Waals surface area contributed by atoms with Crippen molar-refractivity contribution in [3.63, 3.8) is 0 Å². The van der Waals surface area contributed by atoms with Gasteiger partial charge in [-0.25, -0.2) is 0 Å². The fourth-order valence-corrected chi connectivity index (χ4v) is 1.13. The SMILES string of the molecule is CN/N=C/c1cn[nH]c1C(C)(C)C. The normalized spacial score (nSPS) is 12.3. The highest BCUT2D eigenvalue weighted by Gasteiger charge is 2.18. The van der Waals surface area contributed by atoms with E-state index in [1.54, 1.807) is 19.5 Å². The monoisotopic (exact) mass is 180 g/mol. The molecule has 0 aliphatic carbocycles. The second kappa shape index (κ2) is 3.60. The summed E-state index contributed by atoms with van der Waals surface area (Å²) in [6, 6.07) is 0. The summed E-state index contributed by atoms with van der Waals surface area (Å²) < 4.78 is 0. The third-order valence-electron chi connectivity index (χ3n) is 1.75. The minimum atomic E-state index is 0.0750. The van der Waals surface area contributed by atoms with Crippen molar-refractivity contribution < 1.29 is 0 Å². The van der Waals surface area contributed by atoms with Crippen LogP contribution in [0, 0.1) is 0 Å². The smallest absolute Gasteiger partial charge is 0.0579 e. The molecule has 1 heterocycles. The van der Waals surface area contributed by atoms with Crippen LogP contribution in [0.5, 0.6) is 0 Å². The van der Waals surface area contributed by atoms with E-state index < -0.39 is 0 Å². The van der Waals surface area contributed by atoms with Gasteiger partial charge in [0.25, 0.3) is 0 Å². The minimum Gasteiger partial charge on any atom is -0.313 e. The predicted molar refractivity (Wildman–Crippen MR) is 53.9 cm³/mol. The van der Waals surface area contributed by atoms with Gasteiger partial charge in [0.05, 0.1) is 12.4 Å². The predicted octanol–water partition coefficient (Wildman–Crippen LogP) is 1.26. The van der Waals surface area contributed by atoms with Crippen LogP contribution in [0.25, 0.3) is 0 Å². The molecule has 0 aliphatic rings. The Kier molecular flexibility index (Phi) is 2.70. The van der Waals surface area contributed by atoms with Gasteiger partial charge in [0, 0.05) is 23.7 Å². The minimum absolute atomic E-state index is 0.0750. The number of aromatic amines is 1. The number of rotatable bonds is 2. The van der Waals surface area contributed by atoms with Crippen LogP contribution >= 0.6 is 0 Å². The molecular weight excluding hydrogens is 164 g/mol. The van der Waals surface area contributed by atoms with Crippen LogP contribution < -0.4 is 5.43 Å². The number of nitrogens with one attached hydrogen (secondary N) is 2. The molecule has 0 saturated carbocycles. The van der Waals surface area contributed by atoms with E-state index in [-0.39, 0.29) is 5.41 Å². The van der Waals surface area contributed by atoms with E-state index in [4.69, 9.17) is 0 Å². The zero-order valence-corrected chi connectivity index (χ0v) is 8.55. The molecule has 1 aromatic heterocycles. The maximum absolute atomic E-state index is 4.00. The van der Waals surface area contributed by atoms with Crippen molar-refractivity contribution >= 4 is 6.21 Å². The standard InChI is InChI=1S/C9H16N4/c1-9(2,3)8-7(5-11-10-4)6-12-13-8/h5-6,10H,1-4H3,(H,12,13)/b11-5+. The van der Waals surface area contributed by atoms with Crippen LogP contribution in [-0.4, -0.2) is 23.5 Å². The van der Waals surface area contributed by atoms with Gasteiger partial charge in [0.2, 0.25) is 0 Å². The number of H-pyrrole nitrogens is 1. The van der Waals surface area contributed by atoms with Crippen molar-refractivity contribution in [2.24, 2.45) is 5.10 Å². The number of aromatic nitrogens is 2. The van der Waals surface area contributed by atoms with Crippen molar-refractivity contribution in [1.29, 1.82) is 0 Å². The number of nitrogens with zero attached hydrogens (tertiary/aromatic N) is 2. The summed E-state index contributed by atoms with van der Waals surface area (Å²) >= 11 is 0. The average Bonchev–Trinajstić information content (AvgIpc) is 2.47. The Hall–Kier alpha value is -1.32. The van der Waals surface area contributed by atoms with Crippen LogP contribution in [0.3, 0.4) is 0 Å². The molecule has 4 heteroatoms. The van der Waals surface area contributed by atoms with Gasteiger partial charge in [0.1, 0.15) is 0 Å². The molecule has 0 radical (unpaired) electrons. The molecule has 0 unspecified atom stereocenters. The van der Waals surface area contributed by atoms with Crippen LogP contribution in [0.2, 0.25) is 0 Å². The molecule has 0 aliphatic heterocycles. The van der Waals surface area contributed by atoms with Gasteiger partial charge < -0.3 is 5.43 Å². The van der Waals surface area contributed by atoms with E-state index >= 15 is 0 Å². The lowest BCUT2D eigenvalue weighted by Gasteiger charge is -2.16. The molecule has 0 bridgehead atoms. The van der Waals surface area contributed by atoms with E-state index in [1.165, 1.54) is 0 Å². The molecular formula is C9H16N4. The Morgan fingerprint density at radius 3 is 2.77 bits per heavy atom. The quantitative estimate of drug-likeness (QED) is 0.532. The first-order chi connectivity index (χ1) is 6.05. The van der Waals surface area contributed by atoms with Crippen LogP contribution in [0.15, 0.2) is 11.3 Å². The van der Waals surface area contributed by atoms with Crippen LogP contribution in [0.1, 0.15) is 32.0 Å². The van der Waals surface area contributed by atoms with Gasteiger partial charge in [0.15, 0.2) is 0 Å². The summed E-state index contributed by atoms with van der Waals surface area (Å²) in [7, 11) is 1.77. The summed E-state index contributed by atoms with van der Waals surface area (Å²) in [6.07, 6.45) is 3.55. The molecule has 0 saturated heterocycles. The van der Waals surface area contributed by atoms with Crippen LogP contribution in [0.4, 0.5) is 0 Å². The molecule has 1 aromatic rings. The maximum atomic E-state index is 4.00. The second-order valence-corrected chi connectivity index (χ2v) is 3.93. The van der Waals surface area contributed by atoms with Crippen molar-refractivity contribution in [2.75, 3.05) is 7.05 Å². The Bertz CT molecular complexity index is 293. The third kappa shape index (κ3) is 2.31. The van der Waals surface area contributed by atoms with Gasteiger partial charge in [-0.2, -0.15) is 10.2 Å². The maximum Gasteiger partial charge on any atom is 0.0579 e. The summed E-state index contributed by atoms with van der Waals surface area (Å²) in [6.45, 7) is 6.41. The summed E-state index contributed by atoms with van der Waals surface area (Å²) in [5.74, 6) is 0. The second-order valence-electron chi connectivity index (χ2n) is 3.93. The lowest BCUT2D eigenvalue weighted by molar-refractivity contribution is 0.566. The molecule has 0 amide bonds. The fourth-order valence-electron chi connectivity index (χ4n) is 1.13. The third-order valence-corrected chi connectivity index (χ3v) is 1.75. The van der Waals surface area contributed by atoms with Crippen molar-refractivity contribution in [2.45, 2.75) is 26.2 Å². The highest BCUT2D eigenvalue weighted by Crippen LogP contribution is 2.21. The topological polar surface area (TPSA) is 53.1 Å². The first kappa shape index (κ1) is 9.77. The highest BCUT2D eigenvalue weighted by atomic mass is 15.3.